The highest BCUT2D eigenvalue weighted by molar-refractivity contribution is 7.91. The number of nitrogens with two attached hydrogens (primary N) is 1. The summed E-state index contributed by atoms with van der Waals surface area (Å²) in [5.74, 6) is -5.67. The number of nitrogens with zero attached hydrogens (tertiary/aromatic N) is 2. The molecule has 1 aromatic carbocycles. The average Bonchev–Trinajstić information content (AvgIpc) is 3.02. The van der Waals surface area contributed by atoms with Crippen LogP contribution in [0.2, 0.25) is 0 Å². The molecule has 0 bridgehead atoms. The van der Waals surface area contributed by atoms with Crippen LogP contribution in [0, 0.1) is 0 Å². The number of carboxylic acids is 1. The summed E-state index contributed by atoms with van der Waals surface area (Å²) < 4.78 is 53.9. The van der Waals surface area contributed by atoms with Gasteiger partial charge in [-0.05, 0) is 5.56 Å². The molecule has 14 nitrogen and oxygen atoms in total. The van der Waals surface area contributed by atoms with Crippen LogP contribution < -0.4 is 11.1 Å². The van der Waals surface area contributed by atoms with Crippen LogP contribution in [0.15, 0.2) is 30.3 Å². The second kappa shape index (κ2) is 23.0. The SMILES string of the molecule is N[C@@H](CCC(=O)N[C@@H](CS(=O)(=O)CCOP(=O)(N(CCCl)CCCl)N(CCCl)CCCl)C(=O)C[C@@H](C(=O)O)c1ccccc1)OC=O. The number of alkyl halides is 4. The minimum atomic E-state index is -4.22. The Kier molecular flexibility index (Phi) is 21.3. The van der Waals surface area contributed by atoms with Gasteiger partial charge >= 0.3 is 13.6 Å². The van der Waals surface area contributed by atoms with Crippen molar-refractivity contribution in [3.63, 3.8) is 0 Å². The number of ether oxygens (including phenoxy) is 1. The maximum Gasteiger partial charge on any atom is 0.346 e. The van der Waals surface area contributed by atoms with Crippen molar-refractivity contribution in [2.24, 2.45) is 5.73 Å². The van der Waals surface area contributed by atoms with Gasteiger partial charge < -0.3 is 19.7 Å². The number of benzene rings is 1. The molecule has 1 rings (SSSR count). The number of halogens is 4. The molecule has 20 heteroatoms. The van der Waals surface area contributed by atoms with Crippen molar-refractivity contribution in [2.45, 2.75) is 37.5 Å². The summed E-state index contributed by atoms with van der Waals surface area (Å²) in [6.07, 6.45) is -2.21. The Labute approximate surface area is 294 Å². The van der Waals surface area contributed by atoms with Gasteiger partial charge in [0, 0.05) is 69.0 Å². The van der Waals surface area contributed by atoms with Crippen LogP contribution in [0.5, 0.6) is 0 Å². The van der Waals surface area contributed by atoms with Crippen LogP contribution >= 0.6 is 54.1 Å². The van der Waals surface area contributed by atoms with E-state index in [1.807, 2.05) is 0 Å². The summed E-state index contributed by atoms with van der Waals surface area (Å²) in [5.41, 5.74) is 5.87. The summed E-state index contributed by atoms with van der Waals surface area (Å²) in [6.45, 7) is -0.111. The van der Waals surface area contributed by atoms with Crippen molar-refractivity contribution < 1.29 is 46.5 Å². The molecule has 0 aliphatic heterocycles. The van der Waals surface area contributed by atoms with Crippen LogP contribution in [-0.4, -0.2) is 127 Å². The van der Waals surface area contributed by atoms with Gasteiger partial charge in [-0.15, -0.1) is 46.4 Å². The minimum Gasteiger partial charge on any atom is -0.481 e. The van der Waals surface area contributed by atoms with E-state index in [9.17, 15) is 37.3 Å². The van der Waals surface area contributed by atoms with Crippen molar-refractivity contribution in [3.8, 4) is 0 Å². The summed E-state index contributed by atoms with van der Waals surface area (Å²) in [7, 11) is -8.16. The molecule has 4 N–H and O–H groups in total. The van der Waals surface area contributed by atoms with Crippen LogP contribution in [0.4, 0.5) is 0 Å². The van der Waals surface area contributed by atoms with Crippen molar-refractivity contribution in [1.82, 2.24) is 14.7 Å². The fourth-order valence-electron chi connectivity index (χ4n) is 4.35. The van der Waals surface area contributed by atoms with Crippen LogP contribution in [0.1, 0.15) is 30.7 Å². The highest BCUT2D eigenvalue weighted by atomic mass is 35.5. The highest BCUT2D eigenvalue weighted by Gasteiger charge is 2.39. The van der Waals surface area contributed by atoms with Gasteiger partial charge in [-0.25, -0.2) is 17.8 Å². The lowest BCUT2D eigenvalue weighted by molar-refractivity contribution is -0.141. The molecular weight excluding hydrogens is 745 g/mol. The van der Waals surface area contributed by atoms with E-state index in [0.29, 0.717) is 5.56 Å². The number of hydrogen-bond acceptors (Lipinski definition) is 10. The quantitative estimate of drug-likeness (QED) is 0.0509. The number of rotatable bonds is 27. The molecule has 0 heterocycles. The number of carboxylic acid groups (broad SMARTS) is 1. The summed E-state index contributed by atoms with van der Waals surface area (Å²) in [5, 5.41) is 12.1. The van der Waals surface area contributed by atoms with E-state index in [0.717, 1.165) is 0 Å². The van der Waals surface area contributed by atoms with Gasteiger partial charge in [-0.1, -0.05) is 30.3 Å². The number of sulfone groups is 1. The van der Waals surface area contributed by atoms with E-state index in [1.54, 1.807) is 18.2 Å². The number of Topliss-reactive ketones (excluding diaryl/α,β-unsaturated/α-hetero) is 1. The summed E-state index contributed by atoms with van der Waals surface area (Å²) in [6, 6.07) is 6.21. The Bertz CT molecular complexity index is 1250. The lowest BCUT2D eigenvalue weighted by Crippen LogP contribution is -2.47. The molecule has 268 valence electrons. The second-order valence-electron chi connectivity index (χ2n) is 10.0. The van der Waals surface area contributed by atoms with E-state index in [-0.39, 0.29) is 69.0 Å². The Morgan fingerprint density at radius 3 is 1.98 bits per heavy atom. The molecule has 0 saturated heterocycles. The Hall–Kier alpha value is -1.52. The molecule has 0 fully saturated rings. The summed E-state index contributed by atoms with van der Waals surface area (Å²) >= 11 is 23.7. The molecular formula is C27H41Cl4N4O10PS. The molecule has 0 spiro atoms. The lowest BCUT2D eigenvalue weighted by Gasteiger charge is -2.37. The molecule has 1 aromatic rings. The van der Waals surface area contributed by atoms with Crippen LogP contribution in [-0.2, 0) is 42.8 Å². The largest absolute Gasteiger partial charge is 0.481 e. The molecule has 3 atom stereocenters. The highest BCUT2D eigenvalue weighted by Crippen LogP contribution is 2.54. The third kappa shape index (κ3) is 15.7. The van der Waals surface area contributed by atoms with E-state index >= 15 is 0 Å². The number of carbonyl (C=O) groups is 4. The number of aliphatic carboxylic acids is 1. The van der Waals surface area contributed by atoms with Gasteiger partial charge in [0.25, 0.3) is 6.47 Å². The van der Waals surface area contributed by atoms with E-state index in [2.05, 4.69) is 10.1 Å². The van der Waals surface area contributed by atoms with Gasteiger partial charge in [-0.2, -0.15) is 0 Å². The van der Waals surface area contributed by atoms with Gasteiger partial charge in [0.2, 0.25) is 5.91 Å². The standard InChI is InChI=1S/C27H41Cl4N4O10PS/c28-8-12-34(13-9-29)46(41,35(14-10-30)15-11-31)45-16-17-47(42,43)19-23(33-26(38)7-6-25(32)44-20-36)24(37)18-22(27(39)40)21-4-2-1-3-5-21/h1-5,20,22-23,25H,6-19,32H2,(H,33,38)(H,39,40)/t22-,23+,25-/m1/s1. The minimum absolute atomic E-state index is 0.0636. The number of hydrogen-bond donors (Lipinski definition) is 3. The maximum atomic E-state index is 14.2. The normalized spacial score (nSPS) is 14.0. The van der Waals surface area contributed by atoms with Gasteiger partial charge in [0.1, 0.15) is 6.04 Å². The van der Waals surface area contributed by atoms with Crippen molar-refractivity contribution in [3.05, 3.63) is 35.9 Å². The first kappa shape index (κ1) is 43.5. The Morgan fingerprint density at radius 2 is 1.51 bits per heavy atom. The number of amides is 1. The topological polar surface area (TPSA) is 203 Å². The monoisotopic (exact) mass is 784 g/mol. The fraction of sp³-hybridized carbons (Fsp3) is 0.630. The first-order valence-electron chi connectivity index (χ1n) is 14.4. The number of nitrogens with one attached hydrogen (secondary N) is 1. The average molecular weight is 786 g/mol. The first-order valence-corrected chi connectivity index (χ1v) is 19.9. The molecule has 47 heavy (non-hydrogen) atoms. The molecule has 0 radical (unpaired) electrons. The molecule has 0 aliphatic rings. The zero-order valence-electron chi connectivity index (χ0n) is 25.6. The van der Waals surface area contributed by atoms with E-state index in [4.69, 9.17) is 56.7 Å². The Balaban J connectivity index is 3.25. The molecule has 0 aliphatic carbocycles. The molecule has 0 saturated carbocycles. The van der Waals surface area contributed by atoms with Crippen molar-refractivity contribution in [1.29, 1.82) is 0 Å². The Morgan fingerprint density at radius 1 is 0.979 bits per heavy atom. The first-order chi connectivity index (χ1) is 22.3. The van der Waals surface area contributed by atoms with E-state index in [1.165, 1.54) is 21.5 Å². The maximum absolute atomic E-state index is 14.2. The van der Waals surface area contributed by atoms with Gasteiger partial charge in [0.15, 0.2) is 21.8 Å². The van der Waals surface area contributed by atoms with Crippen LogP contribution in [0.3, 0.4) is 0 Å². The molecule has 0 aromatic heterocycles. The van der Waals surface area contributed by atoms with Gasteiger partial charge in [0.05, 0.1) is 24.0 Å². The molecule has 0 unspecified atom stereocenters. The van der Waals surface area contributed by atoms with Crippen molar-refractivity contribution in [2.75, 3.05) is 67.8 Å². The molecule has 1 amide bonds. The number of ketones is 1. The third-order valence-corrected chi connectivity index (χ3v) is 11.7. The zero-order chi connectivity index (χ0) is 35.5. The predicted octanol–water partition coefficient (Wildman–Crippen LogP) is 2.64. The van der Waals surface area contributed by atoms with Crippen LogP contribution in [0.25, 0.3) is 0 Å². The fourth-order valence-corrected chi connectivity index (χ4v) is 9.47. The second-order valence-corrected chi connectivity index (χ2v) is 16.1. The van der Waals surface area contributed by atoms with E-state index < -0.39 is 77.9 Å². The van der Waals surface area contributed by atoms with Crippen molar-refractivity contribution >= 4 is 88.0 Å². The number of carbonyl (C=O) groups excluding carboxylic acids is 3. The zero-order valence-corrected chi connectivity index (χ0v) is 30.3. The van der Waals surface area contributed by atoms with Gasteiger partial charge in [-0.3, -0.25) is 29.5 Å². The third-order valence-electron chi connectivity index (χ3n) is 6.68. The summed E-state index contributed by atoms with van der Waals surface area (Å²) in [4.78, 5) is 48.6. The predicted molar refractivity (Wildman–Crippen MR) is 181 cm³/mol. The lowest BCUT2D eigenvalue weighted by atomic mass is 9.92. The smallest absolute Gasteiger partial charge is 0.346 e.